The molecule has 0 aromatic rings. The molecule has 3 N–H and O–H groups in total. The Hall–Kier alpha value is -3.22. The van der Waals surface area contributed by atoms with Crippen LogP contribution in [0.3, 0.4) is 0 Å². The highest BCUT2D eigenvalue weighted by atomic mass is 16.5. The van der Waals surface area contributed by atoms with E-state index in [1.165, 1.54) is 64.2 Å². The lowest BCUT2D eigenvalue weighted by molar-refractivity contribution is -0.151. The van der Waals surface area contributed by atoms with Crippen molar-refractivity contribution in [3.8, 4) is 0 Å². The van der Waals surface area contributed by atoms with Crippen molar-refractivity contribution in [2.75, 3.05) is 6.61 Å². The first kappa shape index (κ1) is 60.8. The Morgan fingerprint density at radius 3 is 1.31 bits per heavy atom. The van der Waals surface area contributed by atoms with E-state index in [0.29, 0.717) is 19.3 Å². The zero-order valence-corrected chi connectivity index (χ0v) is 41.6. The third kappa shape index (κ3) is 45.4. The molecule has 0 heterocycles. The number of aliphatic hydroxyl groups is 2. The Kier molecular flexibility index (Phi) is 48.2. The van der Waals surface area contributed by atoms with Gasteiger partial charge in [-0.25, -0.2) is 0 Å². The summed E-state index contributed by atoms with van der Waals surface area (Å²) < 4.78 is 5.92. The van der Waals surface area contributed by atoms with E-state index in [4.69, 9.17) is 4.74 Å². The third-order valence-electron chi connectivity index (χ3n) is 11.4. The van der Waals surface area contributed by atoms with Gasteiger partial charge in [-0.1, -0.05) is 208 Å². The molecular formula is C58H99NO5. The van der Waals surface area contributed by atoms with E-state index in [1.807, 2.05) is 0 Å². The molecule has 6 nitrogen and oxygen atoms in total. The minimum Gasteiger partial charge on any atom is -0.462 e. The molecule has 6 heteroatoms. The molecule has 0 rings (SSSR count). The molecule has 64 heavy (non-hydrogen) atoms. The van der Waals surface area contributed by atoms with Crippen LogP contribution in [0.5, 0.6) is 0 Å². The summed E-state index contributed by atoms with van der Waals surface area (Å²) in [6, 6.07) is -0.721. The van der Waals surface area contributed by atoms with Crippen LogP contribution in [0.4, 0.5) is 0 Å². The van der Waals surface area contributed by atoms with Gasteiger partial charge < -0.3 is 20.3 Å². The third-order valence-corrected chi connectivity index (χ3v) is 11.4. The molecular weight excluding hydrogens is 791 g/mol. The molecule has 366 valence electrons. The normalized spacial score (nSPS) is 14.0. The first-order chi connectivity index (χ1) is 31.5. The number of ether oxygens (including phenoxy) is 1. The van der Waals surface area contributed by atoms with E-state index in [0.717, 1.165) is 122 Å². The second-order valence-corrected chi connectivity index (χ2v) is 17.5. The van der Waals surface area contributed by atoms with Crippen molar-refractivity contribution in [1.82, 2.24) is 5.32 Å². The second kappa shape index (κ2) is 50.8. The number of nitrogens with one attached hydrogen (secondary N) is 1. The largest absolute Gasteiger partial charge is 0.462 e. The van der Waals surface area contributed by atoms with Gasteiger partial charge >= 0.3 is 5.97 Å². The Morgan fingerprint density at radius 1 is 0.469 bits per heavy atom. The number of allylic oxidation sites excluding steroid dienone is 16. The number of amides is 1. The van der Waals surface area contributed by atoms with Gasteiger partial charge in [0.2, 0.25) is 5.91 Å². The van der Waals surface area contributed by atoms with Crippen LogP contribution in [-0.2, 0) is 14.3 Å². The van der Waals surface area contributed by atoms with Gasteiger partial charge in [0.15, 0.2) is 0 Å². The molecule has 0 aromatic heterocycles. The minimum atomic E-state index is -0.804. The van der Waals surface area contributed by atoms with E-state index in [2.05, 4.69) is 123 Å². The van der Waals surface area contributed by atoms with Crippen molar-refractivity contribution in [2.24, 2.45) is 0 Å². The first-order valence-corrected chi connectivity index (χ1v) is 26.5. The number of carbonyl (C=O) groups is 2. The smallest absolute Gasteiger partial charge is 0.306 e. The molecule has 1 amide bonds. The van der Waals surface area contributed by atoms with Crippen molar-refractivity contribution in [3.05, 3.63) is 97.2 Å². The zero-order chi connectivity index (χ0) is 46.7. The van der Waals surface area contributed by atoms with Crippen molar-refractivity contribution in [3.63, 3.8) is 0 Å². The molecule has 0 radical (unpaired) electrons. The lowest BCUT2D eigenvalue weighted by Gasteiger charge is -2.24. The maximum absolute atomic E-state index is 13.2. The van der Waals surface area contributed by atoms with Crippen LogP contribution in [0.25, 0.3) is 0 Å². The van der Waals surface area contributed by atoms with Gasteiger partial charge in [-0.15, -0.1) is 0 Å². The lowest BCUT2D eigenvalue weighted by Crippen LogP contribution is -2.46. The SMILES string of the molecule is CC/C=C\C/C=C\C/C=C\C/C=C\C/C=C\CCCCCC(=O)OC(CCCCCC/C=C\C/C=C\C/C=C\CCCCC)CC(=O)NC(CO)C(O)CCCCCCCCCCC. The van der Waals surface area contributed by atoms with Crippen LogP contribution in [0.1, 0.15) is 233 Å². The summed E-state index contributed by atoms with van der Waals surface area (Å²) >= 11 is 0. The van der Waals surface area contributed by atoms with Gasteiger partial charge in [-0.2, -0.15) is 0 Å². The number of esters is 1. The van der Waals surface area contributed by atoms with Gasteiger partial charge in [-0.05, 0) is 109 Å². The van der Waals surface area contributed by atoms with Gasteiger partial charge in [0.1, 0.15) is 6.10 Å². The highest BCUT2D eigenvalue weighted by molar-refractivity contribution is 5.77. The molecule has 0 aliphatic heterocycles. The van der Waals surface area contributed by atoms with Crippen molar-refractivity contribution in [1.29, 1.82) is 0 Å². The summed E-state index contributed by atoms with van der Waals surface area (Å²) in [5.74, 6) is -0.541. The zero-order valence-electron chi connectivity index (χ0n) is 41.6. The second-order valence-electron chi connectivity index (χ2n) is 17.5. The number of unbranched alkanes of at least 4 members (excludes halogenated alkanes) is 18. The molecule has 0 spiro atoms. The summed E-state index contributed by atoms with van der Waals surface area (Å²) in [5, 5.41) is 23.7. The quantitative estimate of drug-likeness (QED) is 0.0321. The Bertz CT molecular complexity index is 1270. The van der Waals surface area contributed by atoms with E-state index >= 15 is 0 Å². The molecule has 3 atom stereocenters. The van der Waals surface area contributed by atoms with E-state index in [9.17, 15) is 19.8 Å². The summed E-state index contributed by atoms with van der Waals surface area (Å²) in [7, 11) is 0. The summed E-state index contributed by atoms with van der Waals surface area (Å²) in [6.45, 7) is 6.30. The minimum absolute atomic E-state index is 0.0436. The lowest BCUT2D eigenvalue weighted by atomic mass is 10.0. The molecule has 0 fully saturated rings. The topological polar surface area (TPSA) is 95.9 Å². The number of carbonyl (C=O) groups excluding carboxylic acids is 2. The summed E-state index contributed by atoms with van der Waals surface area (Å²) in [4.78, 5) is 26.2. The molecule has 0 saturated carbocycles. The average Bonchev–Trinajstić information content (AvgIpc) is 3.29. The fraction of sp³-hybridized carbons (Fsp3) is 0.690. The average molecular weight is 890 g/mol. The van der Waals surface area contributed by atoms with Gasteiger partial charge in [-0.3, -0.25) is 9.59 Å². The van der Waals surface area contributed by atoms with E-state index in [-0.39, 0.29) is 24.9 Å². The van der Waals surface area contributed by atoms with Gasteiger partial charge in [0.05, 0.1) is 25.2 Å². The monoisotopic (exact) mass is 890 g/mol. The summed E-state index contributed by atoms with van der Waals surface area (Å²) in [5.41, 5.74) is 0. The maximum atomic E-state index is 13.2. The van der Waals surface area contributed by atoms with Crippen LogP contribution in [-0.4, -0.2) is 46.9 Å². The number of aliphatic hydroxyl groups excluding tert-OH is 2. The molecule has 0 aliphatic rings. The van der Waals surface area contributed by atoms with Crippen molar-refractivity contribution >= 4 is 11.9 Å². The van der Waals surface area contributed by atoms with Crippen molar-refractivity contribution < 1.29 is 24.5 Å². The number of hydrogen-bond acceptors (Lipinski definition) is 5. The van der Waals surface area contributed by atoms with Gasteiger partial charge in [0.25, 0.3) is 0 Å². The molecule has 0 bridgehead atoms. The fourth-order valence-electron chi connectivity index (χ4n) is 7.40. The van der Waals surface area contributed by atoms with Gasteiger partial charge in [0, 0.05) is 6.42 Å². The maximum Gasteiger partial charge on any atom is 0.306 e. The number of rotatable bonds is 46. The first-order valence-electron chi connectivity index (χ1n) is 26.5. The predicted octanol–water partition coefficient (Wildman–Crippen LogP) is 16.1. The molecule has 0 saturated heterocycles. The molecule has 0 aliphatic carbocycles. The van der Waals surface area contributed by atoms with Crippen LogP contribution in [0.15, 0.2) is 97.2 Å². The highest BCUT2D eigenvalue weighted by Crippen LogP contribution is 2.17. The Labute approximate surface area is 395 Å². The van der Waals surface area contributed by atoms with Crippen LogP contribution >= 0.6 is 0 Å². The van der Waals surface area contributed by atoms with E-state index in [1.54, 1.807) is 0 Å². The van der Waals surface area contributed by atoms with E-state index < -0.39 is 18.2 Å². The predicted molar refractivity (Wildman–Crippen MR) is 277 cm³/mol. The summed E-state index contributed by atoms with van der Waals surface area (Å²) in [6.07, 6.45) is 67.5. The standard InChI is InChI=1S/C58H99NO5/c1-4-7-10-13-16-19-21-23-25-27-28-30-32-34-36-39-42-45-48-51-58(63)64-54(49-46-43-40-38-35-33-31-29-26-24-22-20-17-14-11-8-5-2)52-57(62)59-55(53-60)56(61)50-47-44-41-37-18-15-12-9-6-3/h7,10,16-17,19-20,23-26,28,30-31,33-34,36,54-56,60-61H,4-6,8-9,11-15,18,21-22,27,29,32,35,37-53H2,1-3H3,(H,59,62)/b10-7-,19-16-,20-17-,25-23-,26-24-,30-28-,33-31-,36-34-. The van der Waals surface area contributed by atoms with Crippen molar-refractivity contribution in [2.45, 2.75) is 251 Å². The van der Waals surface area contributed by atoms with Crippen LogP contribution in [0, 0.1) is 0 Å². The van der Waals surface area contributed by atoms with Crippen LogP contribution < -0.4 is 5.32 Å². The Morgan fingerprint density at radius 2 is 0.844 bits per heavy atom. The Balaban J connectivity index is 4.70. The number of hydrogen-bond donors (Lipinski definition) is 3. The fourth-order valence-corrected chi connectivity index (χ4v) is 7.40. The highest BCUT2D eigenvalue weighted by Gasteiger charge is 2.24. The molecule has 3 unspecified atom stereocenters. The van der Waals surface area contributed by atoms with Crippen LogP contribution in [0.2, 0.25) is 0 Å². The molecule has 0 aromatic carbocycles.